The van der Waals surface area contributed by atoms with E-state index in [1.54, 1.807) is 0 Å². The van der Waals surface area contributed by atoms with Gasteiger partial charge in [0.05, 0.1) is 18.8 Å². The fraction of sp³-hybridized carbons (Fsp3) is 0.929. The van der Waals surface area contributed by atoms with Crippen LogP contribution in [0, 0.1) is 0 Å². The molecular formula is C14H26N2O2. The Labute approximate surface area is 110 Å². The predicted octanol–water partition coefficient (Wildman–Crippen LogP) is 1.68. The maximum absolute atomic E-state index is 12.3. The van der Waals surface area contributed by atoms with E-state index >= 15 is 0 Å². The largest absolute Gasteiger partial charge is 0.374 e. The van der Waals surface area contributed by atoms with Gasteiger partial charge in [0.25, 0.3) is 0 Å². The van der Waals surface area contributed by atoms with Crippen LogP contribution in [0.15, 0.2) is 0 Å². The zero-order chi connectivity index (χ0) is 12.8. The molecular weight excluding hydrogens is 228 g/mol. The van der Waals surface area contributed by atoms with Crippen molar-refractivity contribution < 1.29 is 9.53 Å². The molecule has 104 valence electrons. The average molecular weight is 254 g/mol. The Morgan fingerprint density at radius 1 is 1.22 bits per heavy atom. The van der Waals surface area contributed by atoms with Crippen molar-refractivity contribution in [1.82, 2.24) is 4.90 Å². The smallest absolute Gasteiger partial charge is 0.222 e. The third kappa shape index (κ3) is 3.45. The van der Waals surface area contributed by atoms with Gasteiger partial charge in [-0.25, -0.2) is 0 Å². The third-order valence-electron chi connectivity index (χ3n) is 4.15. The minimum Gasteiger partial charge on any atom is -0.374 e. The van der Waals surface area contributed by atoms with Gasteiger partial charge in [-0.1, -0.05) is 19.3 Å². The van der Waals surface area contributed by atoms with Gasteiger partial charge in [0.2, 0.25) is 5.91 Å². The van der Waals surface area contributed by atoms with Crippen molar-refractivity contribution in [2.24, 2.45) is 5.73 Å². The number of ether oxygens (including phenoxy) is 1. The van der Waals surface area contributed by atoms with E-state index in [-0.39, 0.29) is 0 Å². The monoisotopic (exact) mass is 254 g/mol. The number of unbranched alkanes of at least 4 members (excludes halogenated alkanes) is 2. The molecule has 0 aromatic heterocycles. The summed E-state index contributed by atoms with van der Waals surface area (Å²) in [5.74, 6) is 0.326. The molecule has 2 rings (SSSR count). The van der Waals surface area contributed by atoms with Gasteiger partial charge in [0.1, 0.15) is 0 Å². The van der Waals surface area contributed by atoms with E-state index in [9.17, 15) is 4.79 Å². The summed E-state index contributed by atoms with van der Waals surface area (Å²) >= 11 is 0. The van der Waals surface area contributed by atoms with E-state index in [2.05, 4.69) is 4.90 Å². The highest BCUT2D eigenvalue weighted by Gasteiger charge is 2.36. The Balaban J connectivity index is 1.80. The summed E-state index contributed by atoms with van der Waals surface area (Å²) in [4.78, 5) is 14.3. The lowest BCUT2D eigenvalue weighted by Crippen LogP contribution is -2.54. The number of carbonyl (C=O) groups excluding carboxylic acids is 1. The Morgan fingerprint density at radius 3 is 2.89 bits per heavy atom. The van der Waals surface area contributed by atoms with Gasteiger partial charge in [-0.2, -0.15) is 0 Å². The van der Waals surface area contributed by atoms with Crippen molar-refractivity contribution in [2.75, 3.05) is 19.7 Å². The number of nitrogens with two attached hydrogens (primary N) is 1. The van der Waals surface area contributed by atoms with Gasteiger partial charge in [-0.15, -0.1) is 0 Å². The molecule has 0 aromatic rings. The number of nitrogens with zero attached hydrogens (tertiary/aromatic N) is 1. The van der Waals surface area contributed by atoms with E-state index in [1.807, 2.05) is 0 Å². The van der Waals surface area contributed by atoms with Crippen LogP contribution in [0.3, 0.4) is 0 Å². The zero-order valence-corrected chi connectivity index (χ0v) is 11.3. The zero-order valence-electron chi connectivity index (χ0n) is 11.3. The molecule has 0 spiro atoms. The van der Waals surface area contributed by atoms with Gasteiger partial charge < -0.3 is 15.4 Å². The summed E-state index contributed by atoms with van der Waals surface area (Å²) in [6, 6.07) is 0.356. The number of morpholine rings is 1. The van der Waals surface area contributed by atoms with Crippen LogP contribution in [0.4, 0.5) is 0 Å². The first-order chi connectivity index (χ1) is 8.83. The number of carbonyl (C=O) groups is 1. The van der Waals surface area contributed by atoms with Crippen LogP contribution in [0.5, 0.6) is 0 Å². The number of amides is 1. The molecule has 1 aliphatic carbocycles. The normalized spacial score (nSPS) is 27.9. The minimum absolute atomic E-state index is 0.306. The highest BCUT2D eigenvalue weighted by molar-refractivity contribution is 5.76. The van der Waals surface area contributed by atoms with Crippen LogP contribution in [0.1, 0.15) is 51.4 Å². The second-order valence-electron chi connectivity index (χ2n) is 5.45. The molecule has 4 heteroatoms. The first-order valence-corrected chi connectivity index (χ1v) is 7.44. The Bertz CT molecular complexity index is 269. The molecule has 1 saturated heterocycles. The van der Waals surface area contributed by atoms with Crippen molar-refractivity contribution in [1.29, 1.82) is 0 Å². The minimum atomic E-state index is 0.306. The van der Waals surface area contributed by atoms with Crippen LogP contribution in [-0.4, -0.2) is 42.6 Å². The molecule has 1 amide bonds. The highest BCUT2D eigenvalue weighted by atomic mass is 16.5. The molecule has 1 heterocycles. The van der Waals surface area contributed by atoms with E-state index in [0.717, 1.165) is 51.8 Å². The van der Waals surface area contributed by atoms with Crippen molar-refractivity contribution in [2.45, 2.75) is 63.5 Å². The van der Waals surface area contributed by atoms with Gasteiger partial charge in [-0.3, -0.25) is 4.79 Å². The van der Waals surface area contributed by atoms with Gasteiger partial charge in [0.15, 0.2) is 0 Å². The maximum atomic E-state index is 12.3. The summed E-state index contributed by atoms with van der Waals surface area (Å²) in [5.41, 5.74) is 5.46. The van der Waals surface area contributed by atoms with Gasteiger partial charge >= 0.3 is 0 Å². The van der Waals surface area contributed by atoms with E-state index in [4.69, 9.17) is 10.5 Å². The quantitative estimate of drug-likeness (QED) is 0.759. The summed E-state index contributed by atoms with van der Waals surface area (Å²) in [5, 5.41) is 0. The molecule has 2 N–H and O–H groups in total. The van der Waals surface area contributed by atoms with E-state index < -0.39 is 0 Å². The summed E-state index contributed by atoms with van der Waals surface area (Å²) in [7, 11) is 0. The van der Waals surface area contributed by atoms with Gasteiger partial charge in [0, 0.05) is 13.0 Å². The van der Waals surface area contributed by atoms with Gasteiger partial charge in [-0.05, 0) is 32.2 Å². The van der Waals surface area contributed by atoms with Crippen molar-refractivity contribution >= 4 is 5.91 Å². The van der Waals surface area contributed by atoms with Crippen LogP contribution in [-0.2, 0) is 9.53 Å². The topological polar surface area (TPSA) is 55.6 Å². The van der Waals surface area contributed by atoms with Crippen molar-refractivity contribution in [3.8, 4) is 0 Å². The molecule has 2 fully saturated rings. The van der Waals surface area contributed by atoms with E-state index in [1.165, 1.54) is 12.8 Å². The summed E-state index contributed by atoms with van der Waals surface area (Å²) in [6.45, 7) is 2.24. The molecule has 2 aliphatic rings. The number of hydrogen-bond acceptors (Lipinski definition) is 3. The Hall–Kier alpha value is -0.610. The first-order valence-electron chi connectivity index (χ1n) is 7.44. The van der Waals surface area contributed by atoms with E-state index in [0.29, 0.717) is 24.5 Å². The summed E-state index contributed by atoms with van der Waals surface area (Å²) in [6.07, 6.45) is 8.81. The SMILES string of the molecule is NCCCCCC(=O)N1CCOC2CCCCC21. The molecule has 2 unspecified atom stereocenters. The van der Waals surface area contributed by atoms with Crippen LogP contribution >= 0.6 is 0 Å². The predicted molar refractivity (Wildman–Crippen MR) is 71.2 cm³/mol. The molecule has 0 radical (unpaired) electrons. The Kier molecular flexibility index (Phi) is 5.45. The molecule has 2 atom stereocenters. The standard InChI is InChI=1S/C14H26N2O2/c15-9-5-1-2-8-14(17)16-10-11-18-13-7-4-3-6-12(13)16/h12-13H,1-11,15H2. The Morgan fingerprint density at radius 2 is 2.06 bits per heavy atom. The average Bonchev–Trinajstić information content (AvgIpc) is 2.43. The van der Waals surface area contributed by atoms with Crippen LogP contribution in [0.2, 0.25) is 0 Å². The lowest BCUT2D eigenvalue weighted by atomic mass is 9.90. The fourth-order valence-electron chi connectivity index (χ4n) is 3.15. The lowest BCUT2D eigenvalue weighted by molar-refractivity contribution is -0.149. The third-order valence-corrected chi connectivity index (χ3v) is 4.15. The molecule has 1 aliphatic heterocycles. The molecule has 18 heavy (non-hydrogen) atoms. The highest BCUT2D eigenvalue weighted by Crippen LogP contribution is 2.28. The first kappa shape index (κ1) is 13.8. The maximum Gasteiger partial charge on any atom is 0.222 e. The molecule has 0 bridgehead atoms. The fourth-order valence-corrected chi connectivity index (χ4v) is 3.15. The second kappa shape index (κ2) is 7.10. The number of hydrogen-bond donors (Lipinski definition) is 1. The number of rotatable bonds is 5. The molecule has 4 nitrogen and oxygen atoms in total. The lowest BCUT2D eigenvalue weighted by Gasteiger charge is -2.43. The van der Waals surface area contributed by atoms with Crippen LogP contribution < -0.4 is 5.73 Å². The van der Waals surface area contributed by atoms with Crippen molar-refractivity contribution in [3.05, 3.63) is 0 Å². The summed E-state index contributed by atoms with van der Waals surface area (Å²) < 4.78 is 5.79. The number of fused-ring (bicyclic) bond motifs is 1. The molecule has 0 aromatic carbocycles. The van der Waals surface area contributed by atoms with Crippen molar-refractivity contribution in [3.63, 3.8) is 0 Å². The van der Waals surface area contributed by atoms with Crippen LogP contribution in [0.25, 0.3) is 0 Å². The second-order valence-corrected chi connectivity index (χ2v) is 5.45. The molecule has 1 saturated carbocycles.